The van der Waals surface area contributed by atoms with Gasteiger partial charge in [0.05, 0.1) is 0 Å². The number of nitrogens with zero attached hydrogens (tertiary/aromatic N) is 2. The van der Waals surface area contributed by atoms with Gasteiger partial charge in [-0.3, -0.25) is 0 Å². The lowest BCUT2D eigenvalue weighted by atomic mass is 10.3. The van der Waals surface area contributed by atoms with E-state index in [1.54, 1.807) is 0 Å². The maximum absolute atomic E-state index is 4.34. The molecule has 0 spiro atoms. The van der Waals surface area contributed by atoms with Gasteiger partial charge in [0, 0.05) is 27.2 Å². The second-order valence-electron chi connectivity index (χ2n) is 2.88. The summed E-state index contributed by atoms with van der Waals surface area (Å²) >= 11 is 2.33. The van der Waals surface area contributed by atoms with E-state index in [4.69, 9.17) is 0 Å². The second-order valence-corrected chi connectivity index (χ2v) is 4.04. The summed E-state index contributed by atoms with van der Waals surface area (Å²) in [6, 6.07) is 2.11. The van der Waals surface area contributed by atoms with Gasteiger partial charge in [-0.15, -0.1) is 0 Å². The van der Waals surface area contributed by atoms with Crippen LogP contribution in [0.3, 0.4) is 0 Å². The summed E-state index contributed by atoms with van der Waals surface area (Å²) in [5.74, 6) is 0. The van der Waals surface area contributed by atoms with Gasteiger partial charge >= 0.3 is 0 Å². The summed E-state index contributed by atoms with van der Waals surface area (Å²) in [4.78, 5) is 4.34. The molecule has 0 N–H and O–H groups in total. The number of aromatic nitrogens is 2. The Morgan fingerprint density at radius 2 is 2.17 bits per heavy atom. The number of pyridine rings is 1. The van der Waals surface area contributed by atoms with Crippen molar-refractivity contribution < 1.29 is 0 Å². The normalized spacial score (nSPS) is 10.9. The molecule has 12 heavy (non-hydrogen) atoms. The van der Waals surface area contributed by atoms with Crippen LogP contribution in [0.1, 0.15) is 11.3 Å². The van der Waals surface area contributed by atoms with E-state index >= 15 is 0 Å². The summed E-state index contributed by atoms with van der Waals surface area (Å²) < 4.78 is 3.38. The highest BCUT2D eigenvalue weighted by atomic mass is 127. The third-order valence-corrected chi connectivity index (χ3v) is 3.21. The zero-order valence-electron chi connectivity index (χ0n) is 7.00. The highest BCUT2D eigenvalue weighted by Gasteiger charge is 2.03. The fourth-order valence-electron chi connectivity index (χ4n) is 1.28. The first-order valence-corrected chi connectivity index (χ1v) is 4.87. The Morgan fingerprint density at radius 1 is 1.42 bits per heavy atom. The molecule has 2 aromatic heterocycles. The van der Waals surface area contributed by atoms with E-state index in [0.29, 0.717) is 0 Å². The lowest BCUT2D eigenvalue weighted by Gasteiger charge is -2.01. The van der Waals surface area contributed by atoms with Gasteiger partial charge in [0.15, 0.2) is 0 Å². The Balaban J connectivity index is 2.93. The van der Waals surface area contributed by atoms with Crippen LogP contribution in [-0.4, -0.2) is 9.38 Å². The Labute approximate surface area is 84.8 Å². The Bertz CT molecular complexity index is 431. The summed E-state index contributed by atoms with van der Waals surface area (Å²) in [5, 5.41) is 0. The molecule has 2 aromatic rings. The lowest BCUT2D eigenvalue weighted by Crippen LogP contribution is -1.91. The Morgan fingerprint density at radius 3 is 2.92 bits per heavy atom. The number of aryl methyl sites for hydroxylation is 2. The molecule has 62 valence electrons. The van der Waals surface area contributed by atoms with Crippen molar-refractivity contribution in [3.8, 4) is 0 Å². The van der Waals surface area contributed by atoms with Crippen LogP contribution in [0.5, 0.6) is 0 Å². The molecule has 0 unspecified atom stereocenters. The molecule has 2 heterocycles. The average molecular weight is 272 g/mol. The first-order valence-electron chi connectivity index (χ1n) is 3.79. The molecule has 0 atom stereocenters. The predicted octanol–water partition coefficient (Wildman–Crippen LogP) is 2.56. The highest BCUT2D eigenvalue weighted by molar-refractivity contribution is 14.1. The van der Waals surface area contributed by atoms with E-state index in [1.807, 2.05) is 6.20 Å². The van der Waals surface area contributed by atoms with Gasteiger partial charge in [-0.1, -0.05) is 0 Å². The largest absolute Gasteiger partial charge is 0.304 e. The van der Waals surface area contributed by atoms with Crippen LogP contribution in [0.25, 0.3) is 5.65 Å². The maximum Gasteiger partial charge on any atom is 0.140 e. The van der Waals surface area contributed by atoms with E-state index in [0.717, 1.165) is 5.65 Å². The Hall–Kier alpha value is -0.580. The van der Waals surface area contributed by atoms with Crippen LogP contribution in [0.2, 0.25) is 0 Å². The highest BCUT2D eigenvalue weighted by Crippen LogP contribution is 2.16. The van der Waals surface area contributed by atoms with Gasteiger partial charge in [0.2, 0.25) is 0 Å². The van der Waals surface area contributed by atoms with E-state index in [2.05, 4.69) is 58.1 Å². The lowest BCUT2D eigenvalue weighted by molar-refractivity contribution is 1.09. The third kappa shape index (κ3) is 1.03. The van der Waals surface area contributed by atoms with Crippen LogP contribution in [0, 0.1) is 17.4 Å². The van der Waals surface area contributed by atoms with E-state index < -0.39 is 0 Å². The van der Waals surface area contributed by atoms with Crippen molar-refractivity contribution in [1.29, 1.82) is 0 Å². The third-order valence-electron chi connectivity index (χ3n) is 2.05. The predicted molar refractivity (Wildman–Crippen MR) is 57.4 cm³/mol. The van der Waals surface area contributed by atoms with Gasteiger partial charge in [-0.05, 0) is 42.5 Å². The second kappa shape index (κ2) is 2.73. The van der Waals surface area contributed by atoms with Gasteiger partial charge < -0.3 is 4.40 Å². The molecule has 0 saturated carbocycles. The first-order chi connectivity index (χ1) is 5.70. The number of hydrogen-bond acceptors (Lipinski definition) is 1. The topological polar surface area (TPSA) is 17.3 Å². The van der Waals surface area contributed by atoms with Gasteiger partial charge in [-0.25, -0.2) is 4.98 Å². The first kappa shape index (κ1) is 8.04. The minimum Gasteiger partial charge on any atom is -0.304 e. The van der Waals surface area contributed by atoms with Gasteiger partial charge in [0.25, 0.3) is 0 Å². The SMILES string of the molecule is Cc1c(I)ccn2c(C)cnc12. The van der Waals surface area contributed by atoms with Crippen LogP contribution in [0.15, 0.2) is 18.5 Å². The fraction of sp³-hybridized carbons (Fsp3) is 0.222. The van der Waals surface area contributed by atoms with Gasteiger partial charge in [-0.2, -0.15) is 0 Å². The molecule has 0 saturated heterocycles. The number of fused-ring (bicyclic) bond motifs is 1. The molecule has 0 aliphatic heterocycles. The molecular weight excluding hydrogens is 263 g/mol. The molecule has 0 bridgehead atoms. The van der Waals surface area contributed by atoms with Crippen molar-refractivity contribution in [2.24, 2.45) is 0 Å². The van der Waals surface area contributed by atoms with E-state index in [9.17, 15) is 0 Å². The number of halogens is 1. The quantitative estimate of drug-likeness (QED) is 0.674. The van der Waals surface area contributed by atoms with E-state index in [1.165, 1.54) is 14.8 Å². The molecule has 0 fully saturated rings. The molecule has 3 heteroatoms. The summed E-state index contributed by atoms with van der Waals surface area (Å²) in [6.07, 6.45) is 3.96. The van der Waals surface area contributed by atoms with Gasteiger partial charge in [0.1, 0.15) is 5.65 Å². The smallest absolute Gasteiger partial charge is 0.140 e. The maximum atomic E-state index is 4.34. The summed E-state index contributed by atoms with van der Waals surface area (Å²) in [5.41, 5.74) is 3.51. The standard InChI is InChI=1S/C9H9IN2/c1-6-5-11-9-7(2)8(10)3-4-12(6)9/h3-5H,1-2H3. The van der Waals surface area contributed by atoms with Crippen LogP contribution in [-0.2, 0) is 0 Å². The molecule has 0 aromatic carbocycles. The summed E-state index contributed by atoms with van der Waals surface area (Å²) in [7, 11) is 0. The Kier molecular flexibility index (Phi) is 1.83. The van der Waals surface area contributed by atoms with E-state index in [-0.39, 0.29) is 0 Å². The van der Waals surface area contributed by atoms with Crippen molar-refractivity contribution in [2.45, 2.75) is 13.8 Å². The molecule has 0 amide bonds. The van der Waals surface area contributed by atoms with Crippen LogP contribution in [0.4, 0.5) is 0 Å². The van der Waals surface area contributed by atoms with Crippen molar-refractivity contribution in [2.75, 3.05) is 0 Å². The molecule has 2 rings (SSSR count). The molecule has 2 nitrogen and oxygen atoms in total. The number of hydrogen-bond donors (Lipinski definition) is 0. The minimum absolute atomic E-state index is 1.07. The van der Waals surface area contributed by atoms with Crippen molar-refractivity contribution >= 4 is 28.2 Å². The van der Waals surface area contributed by atoms with Crippen molar-refractivity contribution in [3.05, 3.63) is 33.3 Å². The van der Waals surface area contributed by atoms with Crippen molar-refractivity contribution in [3.63, 3.8) is 0 Å². The molecular formula is C9H9IN2. The molecule has 0 aliphatic rings. The number of imidazole rings is 1. The molecule has 0 aliphatic carbocycles. The zero-order chi connectivity index (χ0) is 8.72. The number of rotatable bonds is 0. The zero-order valence-corrected chi connectivity index (χ0v) is 9.16. The minimum atomic E-state index is 1.07. The fourth-order valence-corrected chi connectivity index (χ4v) is 1.69. The average Bonchev–Trinajstić information content (AvgIpc) is 2.41. The monoisotopic (exact) mass is 272 g/mol. The van der Waals surface area contributed by atoms with Crippen LogP contribution >= 0.6 is 22.6 Å². The molecule has 0 radical (unpaired) electrons. The van der Waals surface area contributed by atoms with Crippen molar-refractivity contribution in [1.82, 2.24) is 9.38 Å². The summed E-state index contributed by atoms with van der Waals surface area (Å²) in [6.45, 7) is 4.16. The van der Waals surface area contributed by atoms with Crippen LogP contribution < -0.4 is 0 Å².